The van der Waals surface area contributed by atoms with Crippen LogP contribution >= 0.6 is 0 Å². The molecular formula is C21H24F3N3O4. The summed E-state index contributed by atoms with van der Waals surface area (Å²) in [7, 11) is 0. The van der Waals surface area contributed by atoms with Crippen molar-refractivity contribution in [2.75, 3.05) is 11.9 Å². The highest BCUT2D eigenvalue weighted by molar-refractivity contribution is 5.80. The van der Waals surface area contributed by atoms with E-state index in [0.29, 0.717) is 22.6 Å². The molecule has 0 radical (unpaired) electrons. The van der Waals surface area contributed by atoms with E-state index in [-0.39, 0.29) is 6.42 Å². The van der Waals surface area contributed by atoms with Crippen LogP contribution in [0.4, 0.5) is 23.7 Å². The molecule has 0 fully saturated rings. The van der Waals surface area contributed by atoms with Crippen LogP contribution in [0.5, 0.6) is 0 Å². The molecule has 0 aliphatic rings. The number of carboxylic acid groups (broad SMARTS) is 1. The third kappa shape index (κ3) is 8.53. The number of aromatic nitrogens is 1. The highest BCUT2D eigenvalue weighted by atomic mass is 19.4. The van der Waals surface area contributed by atoms with Gasteiger partial charge in [0.05, 0.1) is 5.69 Å². The molecule has 0 aliphatic heterocycles. The SMILES string of the molecule is CC(C)(C)OC(=O)N[C@@H](Cc1cccc(-c2ccc(NCC(F)(F)F)cc2)n1)C(=O)O. The summed E-state index contributed by atoms with van der Waals surface area (Å²) in [5.41, 5.74) is 1.12. The quantitative estimate of drug-likeness (QED) is 0.597. The Balaban J connectivity index is 2.09. The van der Waals surface area contributed by atoms with Gasteiger partial charge in [0.2, 0.25) is 0 Å². The summed E-state index contributed by atoms with van der Waals surface area (Å²) in [6.07, 6.45) is -5.24. The van der Waals surface area contributed by atoms with E-state index in [1.165, 1.54) is 12.1 Å². The van der Waals surface area contributed by atoms with E-state index in [1.807, 2.05) is 0 Å². The number of aliphatic carboxylic acids is 1. The summed E-state index contributed by atoms with van der Waals surface area (Å²) in [6, 6.07) is 9.97. The van der Waals surface area contributed by atoms with E-state index in [2.05, 4.69) is 15.6 Å². The predicted molar refractivity (Wildman–Crippen MR) is 109 cm³/mol. The highest BCUT2D eigenvalue weighted by Crippen LogP contribution is 2.22. The van der Waals surface area contributed by atoms with E-state index in [0.717, 1.165) is 0 Å². The summed E-state index contributed by atoms with van der Waals surface area (Å²) in [5.74, 6) is -1.24. The zero-order valence-corrected chi connectivity index (χ0v) is 17.3. The average Bonchev–Trinajstić information content (AvgIpc) is 2.64. The first kappa shape index (κ1) is 24.0. The van der Waals surface area contributed by atoms with Gasteiger partial charge in [0.1, 0.15) is 18.2 Å². The predicted octanol–water partition coefficient (Wildman–Crippen LogP) is 4.24. The number of alkyl halides is 3. The Bertz CT molecular complexity index is 909. The lowest BCUT2D eigenvalue weighted by molar-refractivity contribution is -0.139. The number of pyridine rings is 1. The Labute approximate surface area is 177 Å². The fourth-order valence-electron chi connectivity index (χ4n) is 2.57. The number of anilines is 1. The molecule has 0 unspecified atom stereocenters. The summed E-state index contributed by atoms with van der Waals surface area (Å²) < 4.78 is 42.0. The molecule has 0 aliphatic carbocycles. The van der Waals surface area contributed by atoms with Gasteiger partial charge in [-0.2, -0.15) is 13.2 Å². The number of nitrogens with one attached hydrogen (secondary N) is 2. The number of carbonyl (C=O) groups excluding carboxylic acids is 1. The summed E-state index contributed by atoms with van der Waals surface area (Å²) >= 11 is 0. The van der Waals surface area contributed by atoms with E-state index < -0.39 is 36.4 Å². The monoisotopic (exact) mass is 439 g/mol. The van der Waals surface area contributed by atoms with Gasteiger partial charge in [-0.1, -0.05) is 18.2 Å². The van der Waals surface area contributed by atoms with Gasteiger partial charge in [-0.25, -0.2) is 9.59 Å². The molecule has 1 atom stereocenters. The Morgan fingerprint density at radius 3 is 2.29 bits per heavy atom. The van der Waals surface area contributed by atoms with Crippen molar-refractivity contribution in [1.82, 2.24) is 10.3 Å². The van der Waals surface area contributed by atoms with E-state index in [9.17, 15) is 27.9 Å². The van der Waals surface area contributed by atoms with Crippen molar-refractivity contribution in [2.45, 2.75) is 45.0 Å². The average molecular weight is 439 g/mol. The van der Waals surface area contributed by atoms with Crippen LogP contribution in [0.3, 0.4) is 0 Å². The number of rotatable bonds is 7. The van der Waals surface area contributed by atoms with Crippen LogP contribution in [0.25, 0.3) is 11.3 Å². The van der Waals surface area contributed by atoms with Crippen molar-refractivity contribution in [3.05, 3.63) is 48.2 Å². The highest BCUT2D eigenvalue weighted by Gasteiger charge is 2.26. The number of carbonyl (C=O) groups is 2. The van der Waals surface area contributed by atoms with Gasteiger partial charge < -0.3 is 20.5 Å². The van der Waals surface area contributed by atoms with Crippen molar-refractivity contribution >= 4 is 17.7 Å². The van der Waals surface area contributed by atoms with Crippen LogP contribution in [0.2, 0.25) is 0 Å². The lowest BCUT2D eigenvalue weighted by atomic mass is 10.1. The van der Waals surface area contributed by atoms with Gasteiger partial charge in [-0.15, -0.1) is 0 Å². The molecule has 1 heterocycles. The minimum absolute atomic E-state index is 0.0758. The minimum Gasteiger partial charge on any atom is -0.480 e. The minimum atomic E-state index is -4.32. The second kappa shape index (κ2) is 9.67. The number of ether oxygens (including phenoxy) is 1. The number of alkyl carbamates (subject to hydrolysis) is 1. The van der Waals surface area contributed by atoms with Crippen LogP contribution < -0.4 is 10.6 Å². The van der Waals surface area contributed by atoms with E-state index in [4.69, 9.17) is 4.74 Å². The molecule has 31 heavy (non-hydrogen) atoms. The first-order valence-corrected chi connectivity index (χ1v) is 9.42. The van der Waals surface area contributed by atoms with Crippen LogP contribution in [0, 0.1) is 0 Å². The number of halogens is 3. The van der Waals surface area contributed by atoms with Crippen LogP contribution in [-0.2, 0) is 16.0 Å². The number of hydrogen-bond acceptors (Lipinski definition) is 5. The molecule has 3 N–H and O–H groups in total. The Morgan fingerprint density at radius 2 is 1.74 bits per heavy atom. The van der Waals surface area contributed by atoms with Gasteiger partial charge >= 0.3 is 18.2 Å². The summed E-state index contributed by atoms with van der Waals surface area (Å²) in [6.45, 7) is 3.85. The number of carboxylic acids is 1. The molecule has 0 saturated heterocycles. The van der Waals surface area contributed by atoms with Gasteiger partial charge in [-0.3, -0.25) is 4.98 Å². The maximum atomic E-state index is 12.3. The molecule has 0 saturated carbocycles. The maximum absolute atomic E-state index is 12.3. The number of hydrogen-bond donors (Lipinski definition) is 3. The standard InChI is InChI=1S/C21H24F3N3O4/c1-20(2,3)31-19(30)27-17(18(28)29)11-15-5-4-6-16(26-15)13-7-9-14(10-8-13)25-12-21(22,23)24/h4-10,17,25H,11-12H2,1-3H3,(H,27,30)(H,28,29)/t17-/m0/s1. The molecule has 10 heteroatoms. The van der Waals surface area contributed by atoms with Crippen molar-refractivity contribution in [3.63, 3.8) is 0 Å². The zero-order valence-electron chi connectivity index (χ0n) is 17.3. The molecule has 1 aromatic heterocycles. The van der Waals surface area contributed by atoms with Crippen molar-refractivity contribution in [2.24, 2.45) is 0 Å². The fourth-order valence-corrected chi connectivity index (χ4v) is 2.57. The first-order chi connectivity index (χ1) is 14.3. The Kier molecular flexibility index (Phi) is 7.48. The lowest BCUT2D eigenvalue weighted by Crippen LogP contribution is -2.44. The van der Waals surface area contributed by atoms with Crippen molar-refractivity contribution < 1.29 is 32.6 Å². The van der Waals surface area contributed by atoms with E-state index >= 15 is 0 Å². The van der Waals surface area contributed by atoms with Crippen molar-refractivity contribution in [1.29, 1.82) is 0 Å². The van der Waals surface area contributed by atoms with Crippen LogP contribution in [0.1, 0.15) is 26.5 Å². The van der Waals surface area contributed by atoms with Gasteiger partial charge in [0.15, 0.2) is 0 Å². The largest absolute Gasteiger partial charge is 0.480 e. The molecule has 0 bridgehead atoms. The van der Waals surface area contributed by atoms with Crippen LogP contribution in [0.15, 0.2) is 42.5 Å². The molecule has 7 nitrogen and oxygen atoms in total. The second-order valence-electron chi connectivity index (χ2n) is 7.80. The first-order valence-electron chi connectivity index (χ1n) is 9.42. The molecule has 1 amide bonds. The van der Waals surface area contributed by atoms with Gasteiger partial charge in [0.25, 0.3) is 0 Å². The normalized spacial score (nSPS) is 12.7. The zero-order chi connectivity index (χ0) is 23.2. The third-order valence-corrected chi connectivity index (χ3v) is 3.88. The molecule has 2 aromatic rings. The number of benzene rings is 1. The Hall–Kier alpha value is -3.30. The lowest BCUT2D eigenvalue weighted by Gasteiger charge is -2.22. The number of nitrogens with zero attached hydrogens (tertiary/aromatic N) is 1. The van der Waals surface area contributed by atoms with Gasteiger partial charge in [-0.05, 0) is 45.0 Å². The molecule has 2 rings (SSSR count). The fraction of sp³-hybridized carbons (Fsp3) is 0.381. The molecular weight excluding hydrogens is 415 g/mol. The smallest absolute Gasteiger partial charge is 0.408 e. The van der Waals surface area contributed by atoms with Crippen LogP contribution in [-0.4, -0.2) is 46.5 Å². The van der Waals surface area contributed by atoms with Gasteiger partial charge in [0, 0.05) is 23.4 Å². The topological polar surface area (TPSA) is 101 Å². The summed E-state index contributed by atoms with van der Waals surface area (Å²) in [4.78, 5) is 27.9. The molecule has 1 aromatic carbocycles. The third-order valence-electron chi connectivity index (χ3n) is 3.88. The van der Waals surface area contributed by atoms with Crippen molar-refractivity contribution in [3.8, 4) is 11.3 Å². The Morgan fingerprint density at radius 1 is 1.10 bits per heavy atom. The van der Waals surface area contributed by atoms with E-state index in [1.54, 1.807) is 51.1 Å². The molecule has 168 valence electrons. The second-order valence-corrected chi connectivity index (χ2v) is 7.80. The molecule has 0 spiro atoms. The maximum Gasteiger partial charge on any atom is 0.408 e. The number of amides is 1. The summed E-state index contributed by atoms with van der Waals surface area (Å²) in [5, 5.41) is 14.0.